The molecule has 2 rings (SSSR count). The van der Waals surface area contributed by atoms with Crippen molar-refractivity contribution in [3.63, 3.8) is 0 Å². The molecule has 2 N–H and O–H groups in total. The van der Waals surface area contributed by atoms with Crippen LogP contribution in [0.3, 0.4) is 0 Å². The normalized spacial score (nSPS) is 20.1. The van der Waals surface area contributed by atoms with Crippen molar-refractivity contribution in [1.29, 1.82) is 0 Å². The minimum atomic E-state index is 0.370. The molecule has 0 spiro atoms. The van der Waals surface area contributed by atoms with E-state index >= 15 is 0 Å². The van der Waals surface area contributed by atoms with E-state index in [-0.39, 0.29) is 0 Å². The van der Waals surface area contributed by atoms with Crippen LogP contribution in [0, 0.1) is 0 Å². The van der Waals surface area contributed by atoms with Crippen LogP contribution in [-0.2, 0) is 6.54 Å². The Hall–Kier alpha value is -0.290. The van der Waals surface area contributed by atoms with Gasteiger partial charge in [0.1, 0.15) is 0 Å². The Labute approximate surface area is 103 Å². The number of hydrogen-bond acceptors (Lipinski definition) is 4. The lowest BCUT2D eigenvalue weighted by Gasteiger charge is -2.01. The molecule has 1 unspecified atom stereocenters. The van der Waals surface area contributed by atoms with Crippen LogP contribution in [0.2, 0.25) is 0 Å². The Balaban J connectivity index is 2.20. The lowest BCUT2D eigenvalue weighted by Crippen LogP contribution is -1.95. The molecular formula is C11H11NS3. The third-order valence-electron chi connectivity index (χ3n) is 2.17. The van der Waals surface area contributed by atoms with Crippen LogP contribution in [0.1, 0.15) is 11.1 Å². The van der Waals surface area contributed by atoms with Crippen molar-refractivity contribution in [1.82, 2.24) is 0 Å². The molecule has 1 nitrogen and oxygen atoms in total. The van der Waals surface area contributed by atoms with E-state index in [9.17, 15) is 0 Å². The molecule has 15 heavy (non-hydrogen) atoms. The first-order chi connectivity index (χ1) is 7.33. The highest BCUT2D eigenvalue weighted by atomic mass is 33.1. The molecule has 0 amide bonds. The summed E-state index contributed by atoms with van der Waals surface area (Å²) in [5.74, 6) is 0. The van der Waals surface area contributed by atoms with Crippen LogP contribution < -0.4 is 5.73 Å². The van der Waals surface area contributed by atoms with E-state index in [1.54, 1.807) is 27.0 Å². The minimum absolute atomic E-state index is 0.370. The Kier molecular flexibility index (Phi) is 3.86. The van der Waals surface area contributed by atoms with Crippen molar-refractivity contribution in [3.8, 4) is 0 Å². The van der Waals surface area contributed by atoms with Crippen LogP contribution >= 0.6 is 33.8 Å². The zero-order valence-electron chi connectivity index (χ0n) is 8.05. The second-order valence-corrected chi connectivity index (χ2v) is 5.91. The second-order valence-electron chi connectivity index (χ2n) is 3.21. The largest absolute Gasteiger partial charge is 0.326 e. The van der Waals surface area contributed by atoms with Crippen molar-refractivity contribution >= 4 is 44.1 Å². The minimum Gasteiger partial charge on any atom is -0.326 e. The van der Waals surface area contributed by atoms with Crippen LogP contribution in [-0.4, -0.2) is 10.6 Å². The third kappa shape index (κ3) is 2.64. The molecule has 1 aliphatic heterocycles. The first-order valence-electron chi connectivity index (χ1n) is 4.63. The molecule has 0 radical (unpaired) electrons. The van der Waals surface area contributed by atoms with E-state index in [0.717, 1.165) is 0 Å². The summed E-state index contributed by atoms with van der Waals surface area (Å²) in [5, 5.41) is 2.17. The molecule has 4 heteroatoms. The van der Waals surface area contributed by atoms with Gasteiger partial charge >= 0.3 is 0 Å². The number of nitrogens with two attached hydrogens (primary N) is 1. The molecule has 0 saturated carbocycles. The van der Waals surface area contributed by atoms with Crippen LogP contribution in [0.15, 0.2) is 30.3 Å². The fourth-order valence-corrected chi connectivity index (χ4v) is 4.19. The van der Waals surface area contributed by atoms with E-state index in [4.69, 9.17) is 18.0 Å². The monoisotopic (exact) mass is 253 g/mol. The lowest BCUT2D eigenvalue weighted by molar-refractivity contribution is 1.07. The summed E-state index contributed by atoms with van der Waals surface area (Å²) in [5.41, 5.74) is 7.98. The molecule has 1 aliphatic rings. The van der Waals surface area contributed by atoms with E-state index in [1.807, 2.05) is 0 Å². The smallest absolute Gasteiger partial charge is 0.0631 e. The molecule has 0 aliphatic carbocycles. The number of rotatable bonds is 3. The van der Waals surface area contributed by atoms with Crippen LogP contribution in [0.4, 0.5) is 0 Å². The van der Waals surface area contributed by atoms with Crippen molar-refractivity contribution < 1.29 is 0 Å². The van der Waals surface area contributed by atoms with Gasteiger partial charge in [0.05, 0.1) is 5.25 Å². The molecule has 0 saturated heterocycles. The van der Waals surface area contributed by atoms with Crippen molar-refractivity contribution in [3.05, 3.63) is 41.5 Å². The van der Waals surface area contributed by atoms with Gasteiger partial charge in [0, 0.05) is 11.4 Å². The molecule has 1 atom stereocenters. The maximum absolute atomic E-state index is 5.55. The average molecular weight is 253 g/mol. The summed E-state index contributed by atoms with van der Waals surface area (Å²) in [6.45, 7) is 0.601. The van der Waals surface area contributed by atoms with E-state index in [0.29, 0.717) is 11.8 Å². The zero-order valence-corrected chi connectivity index (χ0v) is 10.5. The summed E-state index contributed by atoms with van der Waals surface area (Å²) in [6.07, 6.45) is 2.21. The molecular weight excluding hydrogens is 242 g/mol. The Bertz CT molecular complexity index is 383. The maximum Gasteiger partial charge on any atom is 0.0631 e. The Morgan fingerprint density at radius 1 is 1.33 bits per heavy atom. The van der Waals surface area contributed by atoms with Gasteiger partial charge in [-0.15, -0.1) is 0 Å². The second kappa shape index (κ2) is 5.16. The average Bonchev–Trinajstić information content (AvgIpc) is 2.78. The van der Waals surface area contributed by atoms with Gasteiger partial charge in [0.2, 0.25) is 0 Å². The van der Waals surface area contributed by atoms with Gasteiger partial charge in [-0.25, -0.2) is 0 Å². The van der Waals surface area contributed by atoms with Gasteiger partial charge in [-0.3, -0.25) is 0 Å². The summed E-state index contributed by atoms with van der Waals surface area (Å²) >= 11 is 4.93. The van der Waals surface area contributed by atoms with E-state index in [2.05, 4.69) is 30.3 Å². The Morgan fingerprint density at radius 3 is 2.60 bits per heavy atom. The maximum atomic E-state index is 5.55. The molecule has 0 bridgehead atoms. The van der Waals surface area contributed by atoms with E-state index < -0.39 is 0 Å². The van der Waals surface area contributed by atoms with Gasteiger partial charge in [-0.05, 0) is 16.5 Å². The van der Waals surface area contributed by atoms with Crippen LogP contribution in [0.5, 0.6) is 0 Å². The SMILES string of the molecule is NCc1ccc(C2=CC(C=S)SS2)cc1. The summed E-state index contributed by atoms with van der Waals surface area (Å²) in [4.78, 5) is 1.30. The van der Waals surface area contributed by atoms with Gasteiger partial charge in [-0.2, -0.15) is 0 Å². The third-order valence-corrected chi connectivity index (χ3v) is 5.27. The molecule has 0 fully saturated rings. The van der Waals surface area contributed by atoms with Crippen molar-refractivity contribution in [2.24, 2.45) is 5.73 Å². The first kappa shape index (κ1) is 11.2. The number of thiocarbonyl (C=S) groups is 1. The standard InChI is InChI=1S/C11H11NS3/c12-6-8-1-3-9(4-2-8)11-5-10(7-13)14-15-11/h1-5,7,10H,6,12H2. The topological polar surface area (TPSA) is 26.0 Å². The first-order valence-corrected chi connectivity index (χ1v) is 7.32. The molecule has 1 heterocycles. The summed E-state index contributed by atoms with van der Waals surface area (Å²) in [6, 6.07) is 8.39. The molecule has 1 aromatic rings. The number of benzene rings is 1. The predicted octanol–water partition coefficient (Wildman–Crippen LogP) is 3.25. The number of hydrogen-bond donors (Lipinski definition) is 1. The zero-order chi connectivity index (χ0) is 10.7. The molecule has 0 aromatic heterocycles. The fourth-order valence-electron chi connectivity index (χ4n) is 1.32. The van der Waals surface area contributed by atoms with Gasteiger partial charge in [0.15, 0.2) is 0 Å². The van der Waals surface area contributed by atoms with Gasteiger partial charge in [-0.1, -0.05) is 64.1 Å². The quantitative estimate of drug-likeness (QED) is 0.660. The summed E-state index contributed by atoms with van der Waals surface area (Å²) in [7, 11) is 3.59. The highest BCUT2D eigenvalue weighted by molar-refractivity contribution is 8.81. The van der Waals surface area contributed by atoms with Gasteiger partial charge < -0.3 is 5.73 Å². The van der Waals surface area contributed by atoms with Crippen LogP contribution in [0.25, 0.3) is 4.91 Å². The Morgan fingerprint density at radius 2 is 2.07 bits per heavy atom. The van der Waals surface area contributed by atoms with Gasteiger partial charge in [0.25, 0.3) is 0 Å². The molecule has 1 aromatic carbocycles. The molecule has 78 valence electrons. The highest BCUT2D eigenvalue weighted by Crippen LogP contribution is 2.46. The fraction of sp³-hybridized carbons (Fsp3) is 0.182. The summed E-state index contributed by atoms with van der Waals surface area (Å²) < 4.78 is 0. The predicted molar refractivity (Wildman–Crippen MR) is 74.9 cm³/mol. The van der Waals surface area contributed by atoms with E-state index in [1.165, 1.54) is 16.0 Å². The lowest BCUT2D eigenvalue weighted by atomic mass is 10.1. The van der Waals surface area contributed by atoms with Crippen molar-refractivity contribution in [2.45, 2.75) is 11.8 Å². The van der Waals surface area contributed by atoms with Crippen molar-refractivity contribution in [2.75, 3.05) is 0 Å². The highest BCUT2D eigenvalue weighted by Gasteiger charge is 2.16.